The Hall–Kier alpha value is -0.990. The Labute approximate surface area is 48.0 Å². The lowest BCUT2D eigenvalue weighted by molar-refractivity contribution is 0.193. The second kappa shape index (κ2) is 3.07. The summed E-state index contributed by atoms with van der Waals surface area (Å²) in [6, 6.07) is -0.160. The molecule has 1 atom stereocenters. The van der Waals surface area contributed by atoms with Gasteiger partial charge in [-0.1, -0.05) is 6.08 Å². The quantitative estimate of drug-likeness (QED) is 0.523. The molecule has 0 rings (SSSR count). The van der Waals surface area contributed by atoms with Gasteiger partial charge in [0.25, 0.3) is 0 Å². The highest BCUT2D eigenvalue weighted by Gasteiger charge is 1.96. The van der Waals surface area contributed by atoms with E-state index in [1.165, 1.54) is 6.08 Å². The van der Waals surface area contributed by atoms with E-state index in [1.807, 2.05) is 0 Å². The molecule has 0 aromatic carbocycles. The molecule has 0 aliphatic carbocycles. The van der Waals surface area contributed by atoms with Crippen LogP contribution in [0.5, 0.6) is 0 Å². The van der Waals surface area contributed by atoms with Crippen LogP contribution in [-0.2, 0) is 0 Å². The Bertz CT molecular complexity index is 101. The normalized spacial score (nSPS) is 12.1. The van der Waals surface area contributed by atoms with Gasteiger partial charge in [0.1, 0.15) is 0 Å². The number of amides is 1. The zero-order valence-electron chi connectivity index (χ0n) is 4.72. The molecule has 8 heavy (non-hydrogen) atoms. The smallest absolute Gasteiger partial charge is 0.405 e. The van der Waals surface area contributed by atoms with Gasteiger partial charge in [-0.2, -0.15) is 0 Å². The van der Waals surface area contributed by atoms with Crippen LogP contribution >= 0.6 is 0 Å². The number of rotatable bonds is 2. The molecule has 2 N–H and O–H groups in total. The molecule has 0 unspecified atom stereocenters. The summed E-state index contributed by atoms with van der Waals surface area (Å²) in [5.74, 6) is 0. The number of carboxylic acid groups (broad SMARTS) is 1. The van der Waals surface area contributed by atoms with Crippen LogP contribution in [-0.4, -0.2) is 17.2 Å². The fourth-order valence-corrected chi connectivity index (χ4v) is 0.254. The Morgan fingerprint density at radius 2 is 2.50 bits per heavy atom. The zero-order chi connectivity index (χ0) is 6.57. The first-order valence-electron chi connectivity index (χ1n) is 2.29. The van der Waals surface area contributed by atoms with Crippen molar-refractivity contribution in [3.8, 4) is 0 Å². The summed E-state index contributed by atoms with van der Waals surface area (Å²) in [6.07, 6.45) is 0.506. The van der Waals surface area contributed by atoms with E-state index in [0.717, 1.165) is 0 Å². The Kier molecular flexibility index (Phi) is 2.69. The highest BCUT2D eigenvalue weighted by atomic mass is 16.4. The van der Waals surface area contributed by atoms with Gasteiger partial charge < -0.3 is 10.4 Å². The minimum atomic E-state index is -1.02. The Balaban J connectivity index is 3.38. The van der Waals surface area contributed by atoms with Crippen LogP contribution in [0.2, 0.25) is 0 Å². The first-order chi connectivity index (χ1) is 3.66. The van der Waals surface area contributed by atoms with Crippen LogP contribution < -0.4 is 5.32 Å². The van der Waals surface area contributed by atoms with Crippen molar-refractivity contribution in [2.75, 3.05) is 0 Å². The molecule has 0 heterocycles. The Morgan fingerprint density at radius 3 is 2.62 bits per heavy atom. The number of carbonyl (C=O) groups is 1. The van der Waals surface area contributed by atoms with Crippen LogP contribution in [0, 0.1) is 0 Å². The maximum atomic E-state index is 9.81. The van der Waals surface area contributed by atoms with Gasteiger partial charge in [-0.3, -0.25) is 0 Å². The Morgan fingerprint density at radius 1 is 2.00 bits per heavy atom. The van der Waals surface area contributed by atoms with Crippen LogP contribution in [0.1, 0.15) is 6.92 Å². The van der Waals surface area contributed by atoms with Crippen molar-refractivity contribution in [3.63, 3.8) is 0 Å². The molecule has 0 bridgehead atoms. The lowest BCUT2D eigenvalue weighted by Crippen LogP contribution is -2.28. The van der Waals surface area contributed by atoms with Gasteiger partial charge in [0.15, 0.2) is 0 Å². The van der Waals surface area contributed by atoms with Crippen LogP contribution in [0.25, 0.3) is 0 Å². The van der Waals surface area contributed by atoms with Gasteiger partial charge in [0.05, 0.1) is 0 Å². The summed E-state index contributed by atoms with van der Waals surface area (Å²) >= 11 is 0. The predicted octanol–water partition coefficient (Wildman–Crippen LogP) is 0.829. The third-order valence-corrected chi connectivity index (χ3v) is 0.705. The first-order valence-corrected chi connectivity index (χ1v) is 2.29. The van der Waals surface area contributed by atoms with E-state index in [4.69, 9.17) is 5.11 Å². The summed E-state index contributed by atoms with van der Waals surface area (Å²) in [7, 11) is 0. The van der Waals surface area contributed by atoms with Crippen LogP contribution in [0.3, 0.4) is 0 Å². The third-order valence-electron chi connectivity index (χ3n) is 0.705. The average Bonchev–Trinajstić information content (AvgIpc) is 1.65. The molecule has 0 radical (unpaired) electrons. The maximum Gasteiger partial charge on any atom is 0.405 e. The molecule has 0 aliphatic rings. The molecule has 1 amide bonds. The van der Waals surface area contributed by atoms with E-state index < -0.39 is 6.09 Å². The molecule has 0 fully saturated rings. The third kappa shape index (κ3) is 3.21. The summed E-state index contributed by atoms with van der Waals surface area (Å²) in [6.45, 7) is 5.10. The fraction of sp³-hybridized carbons (Fsp3) is 0.400. The lowest BCUT2D eigenvalue weighted by atomic mass is 10.3. The van der Waals surface area contributed by atoms with E-state index in [1.54, 1.807) is 6.92 Å². The molecule has 0 aromatic heterocycles. The van der Waals surface area contributed by atoms with Crippen molar-refractivity contribution >= 4 is 6.09 Å². The SMILES string of the molecule is C=C[C@H](C)NC(=O)O. The molecule has 0 saturated heterocycles. The van der Waals surface area contributed by atoms with Gasteiger partial charge in [-0.25, -0.2) is 4.79 Å². The maximum absolute atomic E-state index is 9.81. The average molecular weight is 115 g/mol. The summed E-state index contributed by atoms with van der Waals surface area (Å²) in [5.41, 5.74) is 0. The van der Waals surface area contributed by atoms with Crippen molar-refractivity contribution in [1.82, 2.24) is 5.32 Å². The zero-order valence-corrected chi connectivity index (χ0v) is 4.72. The van der Waals surface area contributed by atoms with Crippen molar-refractivity contribution in [2.24, 2.45) is 0 Å². The van der Waals surface area contributed by atoms with Crippen LogP contribution in [0.4, 0.5) is 4.79 Å². The minimum absolute atomic E-state index is 0.160. The molecule has 0 aromatic rings. The number of nitrogens with one attached hydrogen (secondary N) is 1. The highest BCUT2D eigenvalue weighted by molar-refractivity contribution is 5.65. The molecule has 3 heteroatoms. The molecule has 46 valence electrons. The molecule has 0 aliphatic heterocycles. The molecular weight excluding hydrogens is 106 g/mol. The minimum Gasteiger partial charge on any atom is -0.465 e. The van der Waals surface area contributed by atoms with E-state index in [9.17, 15) is 4.79 Å². The van der Waals surface area contributed by atoms with E-state index in [2.05, 4.69) is 11.9 Å². The second-order valence-corrected chi connectivity index (χ2v) is 1.47. The second-order valence-electron chi connectivity index (χ2n) is 1.47. The van der Waals surface area contributed by atoms with Crippen molar-refractivity contribution in [2.45, 2.75) is 13.0 Å². The van der Waals surface area contributed by atoms with E-state index in [0.29, 0.717) is 0 Å². The molecule has 0 spiro atoms. The number of hydrogen-bond donors (Lipinski definition) is 2. The van der Waals surface area contributed by atoms with Gasteiger partial charge in [0.2, 0.25) is 0 Å². The topological polar surface area (TPSA) is 49.3 Å². The van der Waals surface area contributed by atoms with Crippen molar-refractivity contribution in [3.05, 3.63) is 12.7 Å². The van der Waals surface area contributed by atoms with Crippen molar-refractivity contribution < 1.29 is 9.90 Å². The molecule has 0 saturated carbocycles. The monoisotopic (exact) mass is 115 g/mol. The van der Waals surface area contributed by atoms with Gasteiger partial charge >= 0.3 is 6.09 Å². The molecular formula is C5H9NO2. The van der Waals surface area contributed by atoms with E-state index >= 15 is 0 Å². The summed E-state index contributed by atoms with van der Waals surface area (Å²) < 4.78 is 0. The van der Waals surface area contributed by atoms with Gasteiger partial charge in [-0.15, -0.1) is 6.58 Å². The van der Waals surface area contributed by atoms with Crippen molar-refractivity contribution in [1.29, 1.82) is 0 Å². The predicted molar refractivity (Wildman–Crippen MR) is 30.8 cm³/mol. The number of hydrogen-bond acceptors (Lipinski definition) is 1. The fourth-order valence-electron chi connectivity index (χ4n) is 0.254. The largest absolute Gasteiger partial charge is 0.465 e. The van der Waals surface area contributed by atoms with Gasteiger partial charge in [0, 0.05) is 6.04 Å². The highest BCUT2D eigenvalue weighted by Crippen LogP contribution is 1.78. The first kappa shape index (κ1) is 7.01. The summed E-state index contributed by atoms with van der Waals surface area (Å²) in [4.78, 5) is 9.81. The molecule has 3 nitrogen and oxygen atoms in total. The van der Waals surface area contributed by atoms with Gasteiger partial charge in [-0.05, 0) is 6.92 Å². The van der Waals surface area contributed by atoms with E-state index in [-0.39, 0.29) is 6.04 Å². The standard InChI is InChI=1S/C5H9NO2/c1-3-4(2)6-5(7)8/h3-4,6H,1H2,2H3,(H,7,8)/t4-/m0/s1. The van der Waals surface area contributed by atoms with Crippen LogP contribution in [0.15, 0.2) is 12.7 Å². The summed E-state index contributed by atoms with van der Waals surface area (Å²) in [5, 5.41) is 10.2. The lowest BCUT2D eigenvalue weighted by Gasteiger charge is -2.02.